The summed E-state index contributed by atoms with van der Waals surface area (Å²) in [5.74, 6) is -1.85. The highest BCUT2D eigenvalue weighted by Gasteiger charge is 2.37. The van der Waals surface area contributed by atoms with Gasteiger partial charge in [0, 0.05) is 0 Å². The molecule has 0 unspecified atom stereocenters. The van der Waals surface area contributed by atoms with E-state index in [0.29, 0.717) is 12.8 Å². The van der Waals surface area contributed by atoms with E-state index in [-0.39, 0.29) is 12.2 Å². The van der Waals surface area contributed by atoms with Crippen LogP contribution in [0.3, 0.4) is 0 Å². The second-order valence-corrected chi connectivity index (χ2v) is 8.25. The molecule has 0 aromatic carbocycles. The van der Waals surface area contributed by atoms with Crippen LogP contribution in [-0.2, 0) is 29.2 Å². The molecule has 0 bridgehead atoms. The van der Waals surface area contributed by atoms with Gasteiger partial charge in [-0.25, -0.2) is 0 Å². The first-order valence-electron chi connectivity index (χ1n) is 8.72. The van der Waals surface area contributed by atoms with Crippen LogP contribution in [0.25, 0.3) is 0 Å². The molecule has 0 aromatic heterocycles. The SMILES string of the molecule is O=C(C[C@H](C(=O)OC1CCCCC1)S(=O)(=O)O)OC1CCCCC1. The lowest BCUT2D eigenvalue weighted by atomic mass is 9.98. The van der Waals surface area contributed by atoms with Crippen molar-refractivity contribution >= 4 is 22.1 Å². The van der Waals surface area contributed by atoms with Crippen molar-refractivity contribution < 1.29 is 32.0 Å². The molecule has 24 heavy (non-hydrogen) atoms. The van der Waals surface area contributed by atoms with E-state index in [4.69, 9.17) is 9.47 Å². The van der Waals surface area contributed by atoms with Gasteiger partial charge in [0.1, 0.15) is 12.2 Å². The van der Waals surface area contributed by atoms with Crippen LogP contribution in [0.4, 0.5) is 0 Å². The number of esters is 2. The maximum Gasteiger partial charge on any atom is 0.327 e. The number of hydrogen-bond donors (Lipinski definition) is 1. The lowest BCUT2D eigenvalue weighted by molar-refractivity contribution is -0.157. The van der Waals surface area contributed by atoms with E-state index < -0.39 is 33.7 Å². The van der Waals surface area contributed by atoms with Crippen molar-refractivity contribution in [2.24, 2.45) is 0 Å². The lowest BCUT2D eigenvalue weighted by Crippen LogP contribution is -2.37. The van der Waals surface area contributed by atoms with Crippen molar-refractivity contribution in [1.29, 1.82) is 0 Å². The van der Waals surface area contributed by atoms with E-state index in [0.717, 1.165) is 51.4 Å². The molecule has 2 saturated carbocycles. The zero-order valence-electron chi connectivity index (χ0n) is 13.8. The average molecular weight is 362 g/mol. The molecule has 0 amide bonds. The summed E-state index contributed by atoms with van der Waals surface area (Å²) in [6, 6.07) is 0. The molecule has 1 N–H and O–H groups in total. The van der Waals surface area contributed by atoms with Crippen LogP contribution in [0.5, 0.6) is 0 Å². The zero-order valence-corrected chi connectivity index (χ0v) is 14.6. The summed E-state index contributed by atoms with van der Waals surface area (Å²) in [7, 11) is -4.73. The second-order valence-electron chi connectivity index (χ2n) is 6.65. The molecule has 138 valence electrons. The van der Waals surface area contributed by atoms with Gasteiger partial charge in [-0.2, -0.15) is 8.42 Å². The van der Waals surface area contributed by atoms with Gasteiger partial charge in [-0.15, -0.1) is 0 Å². The topological polar surface area (TPSA) is 107 Å². The van der Waals surface area contributed by atoms with Crippen molar-refractivity contribution in [2.75, 3.05) is 0 Å². The van der Waals surface area contributed by atoms with Gasteiger partial charge in [-0.3, -0.25) is 14.1 Å². The molecule has 2 aliphatic carbocycles. The second kappa shape index (κ2) is 8.80. The third-order valence-electron chi connectivity index (χ3n) is 4.66. The molecule has 2 rings (SSSR count). The van der Waals surface area contributed by atoms with Gasteiger partial charge >= 0.3 is 11.9 Å². The van der Waals surface area contributed by atoms with Gasteiger partial charge in [-0.05, 0) is 51.4 Å². The minimum absolute atomic E-state index is 0.234. The predicted octanol–water partition coefficient (Wildman–Crippen LogP) is 2.38. The number of carbonyl (C=O) groups is 2. The number of ether oxygens (including phenoxy) is 2. The van der Waals surface area contributed by atoms with Crippen LogP contribution in [0, 0.1) is 0 Å². The molecule has 0 heterocycles. The first-order valence-corrected chi connectivity index (χ1v) is 10.2. The quantitative estimate of drug-likeness (QED) is 0.571. The van der Waals surface area contributed by atoms with Gasteiger partial charge in [0.25, 0.3) is 10.1 Å². The Kier molecular flexibility index (Phi) is 7.03. The summed E-state index contributed by atoms with van der Waals surface area (Å²) in [4.78, 5) is 24.1. The third kappa shape index (κ3) is 6.05. The molecule has 0 aromatic rings. The standard InChI is InChI=1S/C16H26O7S/c17-15(22-12-7-3-1-4-8-12)11-14(24(19,20)21)16(18)23-13-9-5-2-6-10-13/h12-14H,1-11H2,(H,19,20,21)/t14-/m1/s1. The Morgan fingerprint density at radius 2 is 1.33 bits per heavy atom. The molecule has 0 spiro atoms. The van der Waals surface area contributed by atoms with E-state index in [2.05, 4.69) is 0 Å². The van der Waals surface area contributed by atoms with Crippen LogP contribution in [0.1, 0.15) is 70.6 Å². The van der Waals surface area contributed by atoms with Gasteiger partial charge in [0.05, 0.1) is 6.42 Å². The number of hydrogen-bond acceptors (Lipinski definition) is 6. The summed E-state index contributed by atoms with van der Waals surface area (Å²) < 4.78 is 42.7. The maximum absolute atomic E-state index is 12.1. The first kappa shape index (κ1) is 19.2. The van der Waals surface area contributed by atoms with E-state index in [1.54, 1.807) is 0 Å². The maximum atomic E-state index is 12.1. The molecular formula is C16H26O7S. The highest BCUT2D eigenvalue weighted by molar-refractivity contribution is 7.87. The van der Waals surface area contributed by atoms with Crippen LogP contribution in [0.15, 0.2) is 0 Å². The molecule has 1 atom stereocenters. The lowest BCUT2D eigenvalue weighted by Gasteiger charge is -2.24. The fourth-order valence-corrected chi connectivity index (χ4v) is 3.95. The highest BCUT2D eigenvalue weighted by Crippen LogP contribution is 2.23. The fraction of sp³-hybridized carbons (Fsp3) is 0.875. The Bertz CT molecular complexity index is 531. The van der Waals surface area contributed by atoms with E-state index in [9.17, 15) is 22.6 Å². The zero-order chi connectivity index (χ0) is 17.6. The van der Waals surface area contributed by atoms with Gasteiger partial charge < -0.3 is 9.47 Å². The van der Waals surface area contributed by atoms with Crippen LogP contribution in [-0.4, -0.2) is 42.4 Å². The molecule has 2 aliphatic rings. The summed E-state index contributed by atoms with van der Waals surface area (Å²) in [6.45, 7) is 0. The van der Waals surface area contributed by atoms with Crippen molar-refractivity contribution in [3.8, 4) is 0 Å². The monoisotopic (exact) mass is 362 g/mol. The van der Waals surface area contributed by atoms with E-state index in [1.807, 2.05) is 0 Å². The number of rotatable bonds is 6. The molecular weight excluding hydrogens is 336 g/mol. The van der Waals surface area contributed by atoms with Gasteiger partial charge in [0.15, 0.2) is 5.25 Å². The van der Waals surface area contributed by atoms with Crippen LogP contribution >= 0.6 is 0 Å². The summed E-state index contributed by atoms with van der Waals surface area (Å²) in [5.41, 5.74) is 0. The summed E-state index contributed by atoms with van der Waals surface area (Å²) in [5, 5.41) is -1.91. The molecule has 0 saturated heterocycles. The normalized spacial score (nSPS) is 21.9. The van der Waals surface area contributed by atoms with Crippen molar-refractivity contribution in [1.82, 2.24) is 0 Å². The summed E-state index contributed by atoms with van der Waals surface area (Å²) in [6.07, 6.45) is 7.46. The van der Waals surface area contributed by atoms with E-state index >= 15 is 0 Å². The van der Waals surface area contributed by atoms with Crippen LogP contribution < -0.4 is 0 Å². The minimum atomic E-state index is -4.73. The molecule has 2 fully saturated rings. The Morgan fingerprint density at radius 1 is 0.875 bits per heavy atom. The Morgan fingerprint density at radius 3 is 1.79 bits per heavy atom. The third-order valence-corrected chi connectivity index (χ3v) is 5.74. The molecule has 0 aliphatic heterocycles. The molecule has 8 heteroatoms. The Labute approximate surface area is 142 Å². The first-order chi connectivity index (χ1) is 11.4. The Balaban J connectivity index is 1.91. The molecule has 7 nitrogen and oxygen atoms in total. The largest absolute Gasteiger partial charge is 0.462 e. The van der Waals surface area contributed by atoms with Gasteiger partial charge in [0.2, 0.25) is 0 Å². The van der Waals surface area contributed by atoms with Crippen molar-refractivity contribution in [3.05, 3.63) is 0 Å². The smallest absolute Gasteiger partial charge is 0.327 e. The summed E-state index contributed by atoms with van der Waals surface area (Å²) >= 11 is 0. The minimum Gasteiger partial charge on any atom is -0.462 e. The molecule has 0 radical (unpaired) electrons. The van der Waals surface area contributed by atoms with Crippen LogP contribution in [0.2, 0.25) is 0 Å². The van der Waals surface area contributed by atoms with Crippen molar-refractivity contribution in [2.45, 2.75) is 88.1 Å². The highest BCUT2D eigenvalue weighted by atomic mass is 32.2. The predicted molar refractivity (Wildman–Crippen MR) is 85.9 cm³/mol. The number of carbonyl (C=O) groups excluding carboxylic acids is 2. The van der Waals surface area contributed by atoms with Crippen molar-refractivity contribution in [3.63, 3.8) is 0 Å². The Hall–Kier alpha value is -1.15. The fourth-order valence-electron chi connectivity index (χ4n) is 3.30. The van der Waals surface area contributed by atoms with Gasteiger partial charge in [-0.1, -0.05) is 12.8 Å². The average Bonchev–Trinajstić information content (AvgIpc) is 2.53. The van der Waals surface area contributed by atoms with E-state index in [1.165, 1.54) is 0 Å².